The second-order valence-electron chi connectivity index (χ2n) is 5.10. The highest BCUT2D eigenvalue weighted by Crippen LogP contribution is 2.48. The normalized spacial score (nSPS) is 32.4. The molecule has 0 saturated heterocycles. The summed E-state index contributed by atoms with van der Waals surface area (Å²) in [6, 6.07) is 0.665. The lowest BCUT2D eigenvalue weighted by Crippen LogP contribution is -2.47. The van der Waals surface area contributed by atoms with Crippen LogP contribution in [0.3, 0.4) is 0 Å². The van der Waals surface area contributed by atoms with E-state index in [2.05, 4.69) is 12.2 Å². The molecule has 0 aliphatic heterocycles. The van der Waals surface area contributed by atoms with Gasteiger partial charge in [0.05, 0.1) is 6.10 Å². The summed E-state index contributed by atoms with van der Waals surface area (Å²) in [7, 11) is 0. The van der Waals surface area contributed by atoms with Gasteiger partial charge in [0.15, 0.2) is 0 Å². The molecule has 0 aromatic carbocycles. The number of aliphatic hydroxyl groups is 1. The number of rotatable bonds is 7. The molecule has 0 atom stereocenters. The van der Waals surface area contributed by atoms with Gasteiger partial charge in [-0.05, 0) is 44.4 Å². The first-order valence-corrected chi connectivity index (χ1v) is 6.24. The Bertz CT molecular complexity index is 198. The Morgan fingerprint density at radius 3 is 2.67 bits per heavy atom. The summed E-state index contributed by atoms with van der Waals surface area (Å²) in [5, 5.41) is 12.5. The van der Waals surface area contributed by atoms with Crippen molar-refractivity contribution in [1.82, 2.24) is 5.32 Å². The smallest absolute Gasteiger partial charge is 0.0604 e. The van der Waals surface area contributed by atoms with E-state index in [9.17, 15) is 0 Å². The van der Waals surface area contributed by atoms with E-state index in [1.54, 1.807) is 0 Å². The lowest BCUT2D eigenvalue weighted by Gasteiger charge is -2.36. The Hall–Kier alpha value is -0.120. The van der Waals surface area contributed by atoms with E-state index in [4.69, 9.17) is 9.84 Å². The molecule has 0 heterocycles. The summed E-state index contributed by atoms with van der Waals surface area (Å²) in [4.78, 5) is 0. The van der Waals surface area contributed by atoms with Gasteiger partial charge in [0.2, 0.25) is 0 Å². The van der Waals surface area contributed by atoms with Crippen molar-refractivity contribution >= 4 is 0 Å². The first kappa shape index (κ1) is 11.4. The molecular formula is C12H23NO2. The molecule has 15 heavy (non-hydrogen) atoms. The van der Waals surface area contributed by atoms with Crippen LogP contribution in [0.1, 0.15) is 39.0 Å². The maximum absolute atomic E-state index is 8.94. The Labute approximate surface area is 92.2 Å². The highest BCUT2D eigenvalue weighted by atomic mass is 16.5. The van der Waals surface area contributed by atoms with E-state index in [1.807, 2.05) is 0 Å². The standard InChI is InChI=1S/C12H23NO2/c1-2-15-11-7-10(8-11)13-9-12(3-4-12)5-6-14/h10-11,13-14H,2-9H2,1H3. The lowest BCUT2D eigenvalue weighted by molar-refractivity contribution is -0.0111. The second kappa shape index (κ2) is 4.81. The number of hydrogen-bond acceptors (Lipinski definition) is 3. The van der Waals surface area contributed by atoms with Gasteiger partial charge < -0.3 is 15.2 Å². The van der Waals surface area contributed by atoms with Crippen LogP contribution in [0.5, 0.6) is 0 Å². The molecule has 0 unspecified atom stereocenters. The average molecular weight is 213 g/mol. The Morgan fingerprint density at radius 1 is 1.40 bits per heavy atom. The fourth-order valence-electron chi connectivity index (χ4n) is 2.39. The van der Waals surface area contributed by atoms with E-state index >= 15 is 0 Å². The summed E-state index contributed by atoms with van der Waals surface area (Å²) in [6.45, 7) is 4.33. The first-order valence-electron chi connectivity index (χ1n) is 6.24. The summed E-state index contributed by atoms with van der Waals surface area (Å²) in [6.07, 6.45) is 6.40. The van der Waals surface area contributed by atoms with Crippen molar-refractivity contribution in [3.05, 3.63) is 0 Å². The molecule has 2 aliphatic carbocycles. The molecule has 3 heteroatoms. The van der Waals surface area contributed by atoms with Gasteiger partial charge in [0.25, 0.3) is 0 Å². The quantitative estimate of drug-likeness (QED) is 0.670. The van der Waals surface area contributed by atoms with Crippen LogP contribution in [-0.4, -0.2) is 37.0 Å². The van der Waals surface area contributed by atoms with Crippen LogP contribution in [0.2, 0.25) is 0 Å². The molecule has 2 fully saturated rings. The number of nitrogens with one attached hydrogen (secondary N) is 1. The third kappa shape index (κ3) is 2.92. The van der Waals surface area contributed by atoms with Gasteiger partial charge in [-0.3, -0.25) is 0 Å². The third-order valence-electron chi connectivity index (χ3n) is 3.86. The van der Waals surface area contributed by atoms with E-state index in [0.29, 0.717) is 24.2 Å². The Balaban J connectivity index is 1.56. The Morgan fingerprint density at radius 2 is 2.13 bits per heavy atom. The van der Waals surface area contributed by atoms with Crippen molar-refractivity contribution in [2.45, 2.75) is 51.2 Å². The minimum absolute atomic E-state index is 0.341. The van der Waals surface area contributed by atoms with Crippen LogP contribution in [0.25, 0.3) is 0 Å². The second-order valence-corrected chi connectivity index (χ2v) is 5.10. The van der Waals surface area contributed by atoms with Crippen molar-refractivity contribution in [3.8, 4) is 0 Å². The van der Waals surface area contributed by atoms with Gasteiger partial charge in [-0.15, -0.1) is 0 Å². The molecule has 2 aliphatic rings. The largest absolute Gasteiger partial charge is 0.396 e. The van der Waals surface area contributed by atoms with Crippen LogP contribution in [-0.2, 0) is 4.74 Å². The zero-order valence-electron chi connectivity index (χ0n) is 9.67. The highest BCUT2D eigenvalue weighted by molar-refractivity contribution is 4.97. The van der Waals surface area contributed by atoms with E-state index in [-0.39, 0.29) is 0 Å². The molecule has 2 rings (SSSR count). The molecule has 0 spiro atoms. The van der Waals surface area contributed by atoms with E-state index in [0.717, 1.165) is 19.6 Å². The predicted molar refractivity (Wildman–Crippen MR) is 59.8 cm³/mol. The van der Waals surface area contributed by atoms with Crippen LogP contribution in [0.15, 0.2) is 0 Å². The zero-order chi connectivity index (χ0) is 10.7. The fourth-order valence-corrected chi connectivity index (χ4v) is 2.39. The summed E-state index contributed by atoms with van der Waals surface area (Å²) >= 11 is 0. The third-order valence-corrected chi connectivity index (χ3v) is 3.86. The molecule has 0 aromatic rings. The minimum Gasteiger partial charge on any atom is -0.396 e. The molecule has 3 nitrogen and oxygen atoms in total. The fraction of sp³-hybridized carbons (Fsp3) is 1.00. The zero-order valence-corrected chi connectivity index (χ0v) is 9.67. The van der Waals surface area contributed by atoms with Gasteiger partial charge in [-0.2, -0.15) is 0 Å². The Kier molecular flexibility index (Phi) is 3.65. The lowest BCUT2D eigenvalue weighted by atomic mass is 9.88. The summed E-state index contributed by atoms with van der Waals surface area (Å²) < 4.78 is 5.52. The molecule has 0 amide bonds. The van der Waals surface area contributed by atoms with E-state index < -0.39 is 0 Å². The maximum atomic E-state index is 8.94. The molecule has 2 N–H and O–H groups in total. The molecule has 0 aromatic heterocycles. The minimum atomic E-state index is 0.341. The van der Waals surface area contributed by atoms with Crippen LogP contribution >= 0.6 is 0 Å². The van der Waals surface area contributed by atoms with Crippen LogP contribution < -0.4 is 5.32 Å². The van der Waals surface area contributed by atoms with Gasteiger partial charge in [0, 0.05) is 25.8 Å². The number of ether oxygens (including phenoxy) is 1. The highest BCUT2D eigenvalue weighted by Gasteiger charge is 2.42. The van der Waals surface area contributed by atoms with Crippen molar-refractivity contribution in [2.24, 2.45) is 5.41 Å². The van der Waals surface area contributed by atoms with E-state index in [1.165, 1.54) is 25.7 Å². The first-order chi connectivity index (χ1) is 7.28. The van der Waals surface area contributed by atoms with Crippen molar-refractivity contribution in [1.29, 1.82) is 0 Å². The number of hydrogen-bond donors (Lipinski definition) is 2. The molecule has 2 saturated carbocycles. The van der Waals surface area contributed by atoms with Crippen molar-refractivity contribution in [2.75, 3.05) is 19.8 Å². The molecule has 0 radical (unpaired) electrons. The molecule has 88 valence electrons. The molecular weight excluding hydrogens is 190 g/mol. The topological polar surface area (TPSA) is 41.5 Å². The van der Waals surface area contributed by atoms with Crippen LogP contribution in [0, 0.1) is 5.41 Å². The monoisotopic (exact) mass is 213 g/mol. The van der Waals surface area contributed by atoms with Crippen molar-refractivity contribution in [3.63, 3.8) is 0 Å². The van der Waals surface area contributed by atoms with Gasteiger partial charge in [0.1, 0.15) is 0 Å². The summed E-state index contributed by atoms with van der Waals surface area (Å²) in [5.41, 5.74) is 0.450. The predicted octanol–water partition coefficient (Wildman–Crippen LogP) is 1.31. The maximum Gasteiger partial charge on any atom is 0.0604 e. The van der Waals surface area contributed by atoms with Gasteiger partial charge in [-0.25, -0.2) is 0 Å². The average Bonchev–Trinajstić information content (AvgIpc) is 2.90. The van der Waals surface area contributed by atoms with Crippen molar-refractivity contribution < 1.29 is 9.84 Å². The SMILES string of the molecule is CCOC1CC(NCC2(CCO)CC2)C1. The molecule has 0 bridgehead atoms. The van der Waals surface area contributed by atoms with Crippen LogP contribution in [0.4, 0.5) is 0 Å². The van der Waals surface area contributed by atoms with Gasteiger partial charge in [-0.1, -0.05) is 0 Å². The summed E-state index contributed by atoms with van der Waals surface area (Å²) in [5.74, 6) is 0. The van der Waals surface area contributed by atoms with Gasteiger partial charge >= 0.3 is 0 Å². The number of aliphatic hydroxyl groups excluding tert-OH is 1.